The first-order valence-corrected chi connectivity index (χ1v) is 12.1. The van der Waals surface area contributed by atoms with Crippen molar-refractivity contribution in [3.8, 4) is 0 Å². The van der Waals surface area contributed by atoms with Crippen LogP contribution in [0.15, 0.2) is 70.7 Å². The van der Waals surface area contributed by atoms with Crippen molar-refractivity contribution in [2.45, 2.75) is 39.5 Å². The summed E-state index contributed by atoms with van der Waals surface area (Å²) in [6.45, 7) is 9.53. The molecular weight excluding hydrogens is 434 g/mol. The number of hydrogen-bond acceptors (Lipinski definition) is 4. The monoisotopic (exact) mass is 463 g/mol. The van der Waals surface area contributed by atoms with E-state index in [4.69, 9.17) is 0 Å². The highest BCUT2D eigenvalue weighted by atomic mass is 32.2. The second-order valence-corrected chi connectivity index (χ2v) is 9.97. The summed E-state index contributed by atoms with van der Waals surface area (Å²) in [4.78, 5) is 12.8. The van der Waals surface area contributed by atoms with Crippen LogP contribution in [0.25, 0.3) is 0 Å². The second-order valence-electron chi connectivity index (χ2n) is 8.11. The highest BCUT2D eigenvalue weighted by Gasteiger charge is 2.27. The highest BCUT2D eigenvalue weighted by molar-refractivity contribution is 7.92. The van der Waals surface area contributed by atoms with Gasteiger partial charge in [-0.1, -0.05) is 36.4 Å². The first kappa shape index (κ1) is 24.2. The van der Waals surface area contributed by atoms with E-state index >= 15 is 0 Å². The Bertz CT molecular complexity index is 1300. The summed E-state index contributed by atoms with van der Waals surface area (Å²) in [7, 11) is -3.95. The zero-order valence-electron chi connectivity index (χ0n) is 19.6. The molecule has 0 saturated heterocycles. The summed E-state index contributed by atoms with van der Waals surface area (Å²) in [6, 6.07) is 17.3. The molecule has 0 atom stereocenters. The fraction of sp³-hybridized carbons (Fsp3) is 0.231. The van der Waals surface area contributed by atoms with Gasteiger partial charge in [0.2, 0.25) is 0 Å². The van der Waals surface area contributed by atoms with Crippen LogP contribution in [0.2, 0.25) is 0 Å². The fourth-order valence-electron chi connectivity index (χ4n) is 3.37. The molecule has 3 aromatic carbocycles. The molecule has 1 N–H and O–H groups in total. The van der Waals surface area contributed by atoms with Gasteiger partial charge in [0.05, 0.1) is 16.8 Å². The molecule has 7 heteroatoms. The van der Waals surface area contributed by atoms with Crippen molar-refractivity contribution in [3.63, 3.8) is 0 Å². The normalized spacial score (nSPS) is 11.5. The second kappa shape index (κ2) is 10.0. The van der Waals surface area contributed by atoms with Gasteiger partial charge >= 0.3 is 0 Å². The van der Waals surface area contributed by atoms with Gasteiger partial charge in [0.15, 0.2) is 0 Å². The number of sulfonamides is 1. The molecular formula is C26H29N3O3S. The largest absolute Gasteiger partial charge is 0.271 e. The molecule has 0 aromatic heterocycles. The molecule has 1 amide bonds. The molecule has 172 valence electrons. The molecule has 6 nitrogen and oxygen atoms in total. The summed E-state index contributed by atoms with van der Waals surface area (Å²) >= 11 is 0. The van der Waals surface area contributed by atoms with E-state index in [1.165, 1.54) is 23.3 Å². The molecule has 0 saturated carbocycles. The molecule has 3 rings (SSSR count). The van der Waals surface area contributed by atoms with Crippen molar-refractivity contribution >= 4 is 27.8 Å². The van der Waals surface area contributed by atoms with Crippen LogP contribution in [0, 0.1) is 34.6 Å². The van der Waals surface area contributed by atoms with Gasteiger partial charge in [0.25, 0.3) is 15.9 Å². The highest BCUT2D eigenvalue weighted by Crippen LogP contribution is 2.25. The first-order valence-electron chi connectivity index (χ1n) is 10.6. The minimum Gasteiger partial charge on any atom is -0.271 e. The van der Waals surface area contributed by atoms with Gasteiger partial charge < -0.3 is 0 Å². The predicted octanol–water partition coefficient (Wildman–Crippen LogP) is 4.57. The topological polar surface area (TPSA) is 78.8 Å². The van der Waals surface area contributed by atoms with Crippen LogP contribution < -0.4 is 9.73 Å². The molecule has 0 aliphatic heterocycles. The number of hydrogen-bond donors (Lipinski definition) is 1. The van der Waals surface area contributed by atoms with Gasteiger partial charge in [-0.15, -0.1) is 0 Å². The molecule has 0 heterocycles. The van der Waals surface area contributed by atoms with E-state index in [0.717, 1.165) is 26.6 Å². The molecule has 3 aromatic rings. The van der Waals surface area contributed by atoms with Crippen molar-refractivity contribution in [1.82, 2.24) is 5.43 Å². The van der Waals surface area contributed by atoms with Gasteiger partial charge in [0, 0.05) is 0 Å². The molecule has 0 fully saturated rings. The maximum Gasteiger partial charge on any atom is 0.264 e. The minimum atomic E-state index is -3.95. The first-order chi connectivity index (χ1) is 15.6. The quantitative estimate of drug-likeness (QED) is 0.412. The average Bonchev–Trinajstić information content (AvgIpc) is 2.80. The summed E-state index contributed by atoms with van der Waals surface area (Å²) in [6.07, 6.45) is 1.58. The minimum absolute atomic E-state index is 0.116. The Labute approximate surface area is 196 Å². The Balaban J connectivity index is 1.86. The van der Waals surface area contributed by atoms with Crippen LogP contribution in [0.3, 0.4) is 0 Å². The average molecular weight is 464 g/mol. The Hall–Kier alpha value is -3.45. The van der Waals surface area contributed by atoms with Gasteiger partial charge in [-0.2, -0.15) is 5.10 Å². The van der Waals surface area contributed by atoms with E-state index in [1.54, 1.807) is 36.5 Å². The number of rotatable bonds is 7. The predicted molar refractivity (Wildman–Crippen MR) is 133 cm³/mol. The number of benzene rings is 3. The van der Waals surface area contributed by atoms with Gasteiger partial charge in [-0.25, -0.2) is 13.8 Å². The van der Waals surface area contributed by atoms with Crippen LogP contribution in [0.4, 0.5) is 5.69 Å². The fourth-order valence-corrected chi connectivity index (χ4v) is 4.81. The van der Waals surface area contributed by atoms with Crippen LogP contribution in [0.5, 0.6) is 0 Å². The van der Waals surface area contributed by atoms with Gasteiger partial charge in [-0.05, 0) is 92.3 Å². The van der Waals surface area contributed by atoms with Crippen LogP contribution in [0.1, 0.15) is 33.4 Å². The molecule has 0 spiro atoms. The van der Waals surface area contributed by atoms with E-state index in [0.29, 0.717) is 5.69 Å². The molecule has 0 aliphatic rings. The zero-order valence-corrected chi connectivity index (χ0v) is 20.4. The van der Waals surface area contributed by atoms with Crippen molar-refractivity contribution in [3.05, 3.63) is 94.0 Å². The van der Waals surface area contributed by atoms with Crippen LogP contribution >= 0.6 is 0 Å². The SMILES string of the molecule is Cc1ccc(N(CC(=O)N/N=C\c2ccc(C)c(C)c2C)S(=O)(=O)c2ccccc2)cc1C. The van der Waals surface area contributed by atoms with Gasteiger partial charge in [0.1, 0.15) is 6.54 Å². The van der Waals surface area contributed by atoms with Crippen molar-refractivity contribution in [1.29, 1.82) is 0 Å². The number of carbonyl (C=O) groups excluding carboxylic acids is 1. The van der Waals surface area contributed by atoms with Crippen LogP contribution in [-0.4, -0.2) is 27.1 Å². The van der Waals surface area contributed by atoms with Crippen molar-refractivity contribution in [2.24, 2.45) is 5.10 Å². The van der Waals surface area contributed by atoms with Crippen molar-refractivity contribution < 1.29 is 13.2 Å². The number of nitrogens with one attached hydrogen (secondary N) is 1. The maximum absolute atomic E-state index is 13.4. The molecule has 0 bridgehead atoms. The lowest BCUT2D eigenvalue weighted by Gasteiger charge is -2.24. The summed E-state index contributed by atoms with van der Waals surface area (Å²) in [5.74, 6) is -0.537. The third-order valence-electron chi connectivity index (χ3n) is 5.89. The summed E-state index contributed by atoms with van der Waals surface area (Å²) in [5, 5.41) is 4.06. The Morgan fingerprint density at radius 2 is 1.55 bits per heavy atom. The Morgan fingerprint density at radius 3 is 2.21 bits per heavy atom. The van der Waals surface area contributed by atoms with Crippen LogP contribution in [-0.2, 0) is 14.8 Å². The lowest BCUT2D eigenvalue weighted by Crippen LogP contribution is -2.39. The number of anilines is 1. The number of hydrazone groups is 1. The number of aryl methyl sites for hydroxylation is 3. The zero-order chi connectivity index (χ0) is 24.2. The summed E-state index contributed by atoms with van der Waals surface area (Å²) < 4.78 is 27.9. The van der Waals surface area contributed by atoms with E-state index in [9.17, 15) is 13.2 Å². The Morgan fingerprint density at radius 1 is 0.879 bits per heavy atom. The van der Waals surface area contributed by atoms with E-state index in [2.05, 4.69) is 10.5 Å². The molecule has 0 aliphatic carbocycles. The lowest BCUT2D eigenvalue weighted by atomic mass is 10.00. The van der Waals surface area contributed by atoms with Crippen molar-refractivity contribution in [2.75, 3.05) is 10.8 Å². The third kappa shape index (κ3) is 5.49. The number of carbonyl (C=O) groups is 1. The molecule has 33 heavy (non-hydrogen) atoms. The van der Waals surface area contributed by atoms with Gasteiger partial charge in [-0.3, -0.25) is 9.10 Å². The Kier molecular flexibility index (Phi) is 7.33. The van der Waals surface area contributed by atoms with E-state index in [-0.39, 0.29) is 4.90 Å². The smallest absolute Gasteiger partial charge is 0.264 e. The maximum atomic E-state index is 13.4. The number of amides is 1. The number of nitrogens with zero attached hydrogens (tertiary/aromatic N) is 2. The van der Waals surface area contributed by atoms with E-state index in [1.807, 2.05) is 52.8 Å². The van der Waals surface area contributed by atoms with E-state index < -0.39 is 22.5 Å². The lowest BCUT2D eigenvalue weighted by molar-refractivity contribution is -0.119. The molecule has 0 radical (unpaired) electrons. The molecule has 0 unspecified atom stereocenters. The third-order valence-corrected chi connectivity index (χ3v) is 7.68. The standard InChI is InChI=1S/C26H29N3O3S/c1-18-12-14-24(15-20(18)3)29(33(31,32)25-9-7-6-8-10-25)17-26(30)28-27-16-23-13-11-19(2)21(4)22(23)5/h6-16H,17H2,1-5H3,(H,28,30)/b27-16-. The summed E-state index contributed by atoms with van der Waals surface area (Å²) in [5.41, 5.74) is 9.18.